The first kappa shape index (κ1) is 13.4. The molecular formula is C17H16FN3. The minimum atomic E-state index is -0.369. The number of fused-ring (bicyclic) bond motifs is 1. The van der Waals surface area contributed by atoms with E-state index < -0.39 is 0 Å². The molecule has 0 aliphatic heterocycles. The molecule has 0 spiro atoms. The van der Waals surface area contributed by atoms with Crippen molar-refractivity contribution in [1.82, 2.24) is 4.98 Å². The molecule has 0 aliphatic carbocycles. The Kier molecular flexibility index (Phi) is 3.69. The molecule has 0 amide bonds. The van der Waals surface area contributed by atoms with Crippen LogP contribution < -0.4 is 11.1 Å². The third kappa shape index (κ3) is 2.79. The zero-order chi connectivity index (χ0) is 14.7. The minimum Gasteiger partial charge on any atom is -0.398 e. The molecular weight excluding hydrogens is 265 g/mol. The molecule has 0 unspecified atom stereocenters. The van der Waals surface area contributed by atoms with Crippen LogP contribution in [0.25, 0.3) is 10.9 Å². The number of pyridine rings is 1. The smallest absolute Gasteiger partial charge is 0.150 e. The quantitative estimate of drug-likeness (QED) is 0.718. The molecule has 0 radical (unpaired) electrons. The predicted octanol–water partition coefficient (Wildman–Crippen LogP) is 3.61. The summed E-state index contributed by atoms with van der Waals surface area (Å²) in [5.41, 5.74) is 8.44. The summed E-state index contributed by atoms with van der Waals surface area (Å²) in [7, 11) is 0. The second-order valence-corrected chi connectivity index (χ2v) is 4.88. The number of nitrogen functional groups attached to an aromatic ring is 1. The number of hydrogen-bond acceptors (Lipinski definition) is 3. The first-order valence-corrected chi connectivity index (χ1v) is 6.86. The number of rotatable bonds is 4. The number of nitrogens with zero attached hydrogens (tertiary/aromatic N) is 1. The number of halogens is 1. The van der Waals surface area contributed by atoms with Crippen LogP contribution in [-0.4, -0.2) is 11.5 Å². The van der Waals surface area contributed by atoms with E-state index in [0.717, 1.165) is 11.8 Å². The Balaban J connectivity index is 1.84. The van der Waals surface area contributed by atoms with E-state index in [9.17, 15) is 4.39 Å². The van der Waals surface area contributed by atoms with Gasteiger partial charge in [-0.15, -0.1) is 0 Å². The third-order valence-electron chi connectivity index (χ3n) is 3.43. The molecule has 0 aliphatic rings. The maximum atomic E-state index is 14.1. The average Bonchev–Trinajstić information content (AvgIpc) is 2.51. The normalized spacial score (nSPS) is 10.7. The van der Waals surface area contributed by atoms with Crippen LogP contribution >= 0.6 is 0 Å². The van der Waals surface area contributed by atoms with Crippen LogP contribution in [0.2, 0.25) is 0 Å². The molecule has 1 heterocycles. The number of nitrogens with two attached hydrogens (primary N) is 1. The maximum Gasteiger partial charge on any atom is 0.150 e. The van der Waals surface area contributed by atoms with E-state index in [4.69, 9.17) is 5.73 Å². The zero-order valence-corrected chi connectivity index (χ0v) is 11.5. The summed E-state index contributed by atoms with van der Waals surface area (Å²) < 4.78 is 14.1. The van der Waals surface area contributed by atoms with Crippen molar-refractivity contribution in [2.75, 3.05) is 17.6 Å². The van der Waals surface area contributed by atoms with Crippen LogP contribution in [-0.2, 0) is 6.42 Å². The van der Waals surface area contributed by atoms with E-state index in [0.29, 0.717) is 23.4 Å². The molecule has 0 saturated carbocycles. The Morgan fingerprint density at radius 3 is 2.71 bits per heavy atom. The SMILES string of the molecule is Nc1cc(F)c(NCCc2ccccc2)c2ncccc12. The second-order valence-electron chi connectivity index (χ2n) is 4.88. The number of aromatic nitrogens is 1. The van der Waals surface area contributed by atoms with Crippen LogP contribution in [0.4, 0.5) is 15.8 Å². The second kappa shape index (κ2) is 5.79. The highest BCUT2D eigenvalue weighted by Gasteiger charge is 2.11. The van der Waals surface area contributed by atoms with Crippen molar-refractivity contribution >= 4 is 22.3 Å². The van der Waals surface area contributed by atoms with Gasteiger partial charge >= 0.3 is 0 Å². The lowest BCUT2D eigenvalue weighted by molar-refractivity contribution is 0.632. The highest BCUT2D eigenvalue weighted by Crippen LogP contribution is 2.29. The van der Waals surface area contributed by atoms with Crippen LogP contribution in [0.1, 0.15) is 5.56 Å². The molecule has 0 atom stereocenters. The molecule has 0 saturated heterocycles. The molecule has 106 valence electrons. The van der Waals surface area contributed by atoms with Crippen molar-refractivity contribution in [1.29, 1.82) is 0 Å². The van der Waals surface area contributed by atoms with Gasteiger partial charge in [-0.05, 0) is 30.2 Å². The lowest BCUT2D eigenvalue weighted by Gasteiger charge is -2.12. The Labute approximate surface area is 122 Å². The lowest BCUT2D eigenvalue weighted by atomic mass is 10.1. The van der Waals surface area contributed by atoms with Gasteiger partial charge in [-0.3, -0.25) is 4.98 Å². The van der Waals surface area contributed by atoms with Crippen LogP contribution in [0.5, 0.6) is 0 Å². The first-order valence-electron chi connectivity index (χ1n) is 6.86. The summed E-state index contributed by atoms with van der Waals surface area (Å²) >= 11 is 0. The van der Waals surface area contributed by atoms with E-state index in [1.807, 2.05) is 24.3 Å². The third-order valence-corrected chi connectivity index (χ3v) is 3.43. The summed E-state index contributed by atoms with van der Waals surface area (Å²) in [6, 6.07) is 15.1. The number of hydrogen-bond donors (Lipinski definition) is 2. The number of anilines is 2. The van der Waals surface area contributed by atoms with Crippen LogP contribution in [0, 0.1) is 5.82 Å². The fourth-order valence-electron chi connectivity index (χ4n) is 2.38. The molecule has 1 aromatic heterocycles. The van der Waals surface area contributed by atoms with Gasteiger partial charge in [0.05, 0.1) is 11.2 Å². The largest absolute Gasteiger partial charge is 0.398 e. The van der Waals surface area contributed by atoms with Gasteiger partial charge in [0.25, 0.3) is 0 Å². The monoisotopic (exact) mass is 281 g/mol. The average molecular weight is 281 g/mol. The summed E-state index contributed by atoms with van der Waals surface area (Å²) in [4.78, 5) is 4.25. The molecule has 3 N–H and O–H groups in total. The first-order chi connectivity index (χ1) is 10.3. The van der Waals surface area contributed by atoms with Gasteiger partial charge in [-0.2, -0.15) is 0 Å². The zero-order valence-electron chi connectivity index (χ0n) is 11.5. The summed E-state index contributed by atoms with van der Waals surface area (Å²) in [5.74, 6) is -0.369. The standard InChI is InChI=1S/C17H16FN3/c18-14-11-15(19)13-7-4-9-20-16(13)17(14)21-10-8-12-5-2-1-3-6-12/h1-7,9,11,21H,8,10,19H2. The molecule has 2 aromatic carbocycles. The Bertz CT molecular complexity index is 757. The molecule has 3 nitrogen and oxygen atoms in total. The molecule has 3 rings (SSSR count). The molecule has 0 bridgehead atoms. The fraction of sp³-hybridized carbons (Fsp3) is 0.118. The van der Waals surface area contributed by atoms with E-state index >= 15 is 0 Å². The molecule has 3 aromatic rings. The van der Waals surface area contributed by atoms with E-state index in [1.165, 1.54) is 11.6 Å². The molecule has 4 heteroatoms. The predicted molar refractivity (Wildman–Crippen MR) is 84.7 cm³/mol. The summed E-state index contributed by atoms with van der Waals surface area (Å²) in [5, 5.41) is 3.90. The lowest BCUT2D eigenvalue weighted by Crippen LogP contribution is -2.08. The van der Waals surface area contributed by atoms with Gasteiger partial charge in [0.2, 0.25) is 0 Å². The van der Waals surface area contributed by atoms with E-state index in [1.54, 1.807) is 12.3 Å². The number of benzene rings is 2. The van der Waals surface area contributed by atoms with Crippen LogP contribution in [0.3, 0.4) is 0 Å². The number of nitrogens with one attached hydrogen (secondary N) is 1. The topological polar surface area (TPSA) is 50.9 Å². The fourth-order valence-corrected chi connectivity index (χ4v) is 2.38. The highest BCUT2D eigenvalue weighted by molar-refractivity contribution is 5.98. The van der Waals surface area contributed by atoms with Crippen molar-refractivity contribution in [2.24, 2.45) is 0 Å². The van der Waals surface area contributed by atoms with Gasteiger partial charge in [0, 0.05) is 23.8 Å². The van der Waals surface area contributed by atoms with Crippen molar-refractivity contribution in [2.45, 2.75) is 6.42 Å². The molecule has 0 fully saturated rings. The van der Waals surface area contributed by atoms with Gasteiger partial charge < -0.3 is 11.1 Å². The Morgan fingerprint density at radius 1 is 1.10 bits per heavy atom. The highest BCUT2D eigenvalue weighted by atomic mass is 19.1. The summed E-state index contributed by atoms with van der Waals surface area (Å²) in [6.45, 7) is 0.635. The van der Waals surface area contributed by atoms with Gasteiger partial charge in [0.15, 0.2) is 5.82 Å². The maximum absolute atomic E-state index is 14.1. The van der Waals surface area contributed by atoms with Crippen molar-refractivity contribution in [3.8, 4) is 0 Å². The van der Waals surface area contributed by atoms with Gasteiger partial charge in [-0.25, -0.2) is 4.39 Å². The summed E-state index contributed by atoms with van der Waals surface area (Å²) in [6.07, 6.45) is 2.46. The van der Waals surface area contributed by atoms with E-state index in [2.05, 4.69) is 22.4 Å². The minimum absolute atomic E-state index is 0.369. The van der Waals surface area contributed by atoms with Gasteiger partial charge in [0.1, 0.15) is 0 Å². The van der Waals surface area contributed by atoms with E-state index in [-0.39, 0.29) is 5.82 Å². The Hall–Kier alpha value is -2.62. The van der Waals surface area contributed by atoms with Crippen molar-refractivity contribution in [3.63, 3.8) is 0 Å². The Morgan fingerprint density at radius 2 is 1.90 bits per heavy atom. The molecule has 21 heavy (non-hydrogen) atoms. The van der Waals surface area contributed by atoms with Crippen molar-refractivity contribution in [3.05, 3.63) is 66.1 Å². The van der Waals surface area contributed by atoms with Crippen molar-refractivity contribution < 1.29 is 4.39 Å². The van der Waals surface area contributed by atoms with Gasteiger partial charge in [-0.1, -0.05) is 30.3 Å². The van der Waals surface area contributed by atoms with Crippen LogP contribution in [0.15, 0.2) is 54.7 Å².